The van der Waals surface area contributed by atoms with Crippen molar-refractivity contribution in [3.8, 4) is 0 Å². The second-order valence-corrected chi connectivity index (χ2v) is 18.8. The molecule has 0 aromatic heterocycles. The third-order valence-corrected chi connectivity index (χ3v) is 11.9. The number of phosphoric ester groups is 1. The van der Waals surface area contributed by atoms with E-state index in [0.29, 0.717) is 12.8 Å². The summed E-state index contributed by atoms with van der Waals surface area (Å²) < 4.78 is 27.0. The second-order valence-electron chi connectivity index (χ2n) is 17.4. The summed E-state index contributed by atoms with van der Waals surface area (Å²) >= 11 is 0. The predicted octanol–water partition coefficient (Wildman–Crippen LogP) is 14.5. The molecule has 0 rings (SSSR count). The molecule has 0 radical (unpaired) electrons. The number of allylic oxidation sites excluding steroid dienone is 12. The topological polar surface area (TPSA) is 169 Å². The number of carboxylic acid groups (broad SMARTS) is 1. The Morgan fingerprint density at radius 3 is 1.24 bits per heavy atom. The maximum atomic E-state index is 12.4. The minimum atomic E-state index is -4.77. The first-order valence-electron chi connectivity index (χ1n) is 26.0. The van der Waals surface area contributed by atoms with Crippen molar-refractivity contribution in [2.75, 3.05) is 19.8 Å². The van der Waals surface area contributed by atoms with Crippen LogP contribution in [-0.2, 0) is 32.7 Å². The Hall–Kier alpha value is -3.08. The highest BCUT2D eigenvalue weighted by Gasteiger charge is 2.28. The number of aliphatic hydroxyl groups is 1. The highest BCUT2D eigenvalue weighted by molar-refractivity contribution is 7.47. The molecule has 0 aromatic carbocycles. The molecule has 11 nitrogen and oxygen atoms in total. The van der Waals surface area contributed by atoms with Gasteiger partial charge in [0.2, 0.25) is 5.91 Å². The predicted molar refractivity (Wildman–Crippen MR) is 272 cm³/mol. The number of amides is 1. The van der Waals surface area contributed by atoms with Gasteiger partial charge in [0.1, 0.15) is 12.7 Å². The number of carbonyl (C=O) groups is 3. The smallest absolute Gasteiger partial charge is 0.472 e. The molecule has 66 heavy (non-hydrogen) atoms. The van der Waals surface area contributed by atoms with Gasteiger partial charge in [0.15, 0.2) is 6.04 Å². The Kier molecular flexibility index (Phi) is 46.1. The maximum absolute atomic E-state index is 12.4. The minimum Gasteiger partial charge on any atom is -0.480 e. The summed E-state index contributed by atoms with van der Waals surface area (Å²) in [6.45, 7) is 2.54. The van der Waals surface area contributed by atoms with Gasteiger partial charge in [-0.3, -0.25) is 18.6 Å². The molecule has 0 heterocycles. The number of hydrogen-bond acceptors (Lipinski definition) is 8. The van der Waals surface area contributed by atoms with E-state index >= 15 is 0 Å². The van der Waals surface area contributed by atoms with Crippen LogP contribution in [0.1, 0.15) is 219 Å². The maximum Gasteiger partial charge on any atom is 0.472 e. The summed E-state index contributed by atoms with van der Waals surface area (Å²) in [7, 11) is -4.77. The number of ether oxygens (including phenoxy) is 1. The molecule has 0 spiro atoms. The van der Waals surface area contributed by atoms with Crippen LogP contribution in [0.2, 0.25) is 0 Å². The summed E-state index contributed by atoms with van der Waals surface area (Å²) in [5.74, 6) is -2.39. The number of unbranched alkanes of at least 4 members (excludes halogenated alkanes) is 22. The molecule has 3 atom stereocenters. The molecule has 0 aliphatic heterocycles. The monoisotopic (exact) mass is 948 g/mol. The second kappa shape index (κ2) is 48.4. The van der Waals surface area contributed by atoms with Gasteiger partial charge >= 0.3 is 19.8 Å². The number of phosphoric acid groups is 1. The molecular formula is C54H94NO10P. The zero-order valence-corrected chi connectivity index (χ0v) is 42.4. The number of rotatable bonds is 48. The Morgan fingerprint density at radius 2 is 0.833 bits per heavy atom. The number of carboxylic acids is 1. The van der Waals surface area contributed by atoms with Gasteiger partial charge in [-0.25, -0.2) is 9.36 Å². The van der Waals surface area contributed by atoms with Gasteiger partial charge in [0.05, 0.1) is 13.2 Å². The zero-order chi connectivity index (χ0) is 48.4. The molecule has 0 aliphatic rings. The fraction of sp³-hybridized carbons (Fsp3) is 0.722. The summed E-state index contributed by atoms with van der Waals surface area (Å²) in [5.41, 5.74) is 0. The van der Waals surface area contributed by atoms with Crippen molar-refractivity contribution in [1.29, 1.82) is 0 Å². The van der Waals surface area contributed by atoms with Crippen molar-refractivity contribution in [2.24, 2.45) is 0 Å². The summed E-state index contributed by atoms with van der Waals surface area (Å²) in [5, 5.41) is 21.9. The minimum absolute atomic E-state index is 0.134. The molecule has 4 N–H and O–H groups in total. The van der Waals surface area contributed by atoms with Gasteiger partial charge in [0.25, 0.3) is 0 Å². The molecule has 0 saturated heterocycles. The van der Waals surface area contributed by atoms with Crippen molar-refractivity contribution < 1.29 is 47.8 Å². The average Bonchev–Trinajstić information content (AvgIpc) is 3.29. The Bertz CT molecular complexity index is 1390. The van der Waals surface area contributed by atoms with Gasteiger partial charge in [-0.2, -0.15) is 0 Å². The lowest BCUT2D eigenvalue weighted by Crippen LogP contribution is -2.43. The van der Waals surface area contributed by atoms with E-state index in [4.69, 9.17) is 13.8 Å². The van der Waals surface area contributed by atoms with Crippen molar-refractivity contribution in [2.45, 2.75) is 231 Å². The molecule has 1 amide bonds. The molecule has 0 aliphatic carbocycles. The number of esters is 1. The van der Waals surface area contributed by atoms with E-state index < -0.39 is 57.6 Å². The first-order valence-corrected chi connectivity index (χ1v) is 27.5. The van der Waals surface area contributed by atoms with Gasteiger partial charge in [0, 0.05) is 12.8 Å². The van der Waals surface area contributed by atoms with Crippen LogP contribution in [0.3, 0.4) is 0 Å². The lowest BCUT2D eigenvalue weighted by Gasteiger charge is -2.18. The molecule has 0 fully saturated rings. The first kappa shape index (κ1) is 62.9. The highest BCUT2D eigenvalue weighted by Crippen LogP contribution is 2.43. The molecule has 3 unspecified atom stereocenters. The molecule has 380 valence electrons. The van der Waals surface area contributed by atoms with E-state index in [2.05, 4.69) is 92.1 Å². The SMILES string of the molecule is CCCCC/C=C\C/C=C\C/C=C\CCCCCCCCCCC(=O)NC(COP(=O)(O)OCC(O)COC(=O)CCCCCCCCCC/C=C\C/C=C\C/C=C\CCCCC)C(=O)O. The van der Waals surface area contributed by atoms with E-state index in [9.17, 15) is 34.1 Å². The van der Waals surface area contributed by atoms with Crippen LogP contribution in [0, 0.1) is 0 Å². The van der Waals surface area contributed by atoms with E-state index in [1.807, 2.05) is 0 Å². The summed E-state index contributed by atoms with van der Waals surface area (Å²) in [6, 6.07) is -1.56. The van der Waals surface area contributed by atoms with Crippen LogP contribution in [0.5, 0.6) is 0 Å². The summed E-state index contributed by atoms with van der Waals surface area (Å²) in [6.07, 6.45) is 59.1. The van der Waals surface area contributed by atoms with Gasteiger partial charge in [-0.1, -0.05) is 189 Å². The van der Waals surface area contributed by atoms with Crippen LogP contribution in [0.4, 0.5) is 0 Å². The Balaban J connectivity index is 3.86. The van der Waals surface area contributed by atoms with E-state index in [0.717, 1.165) is 83.5 Å². The largest absolute Gasteiger partial charge is 0.480 e. The lowest BCUT2D eigenvalue weighted by molar-refractivity contribution is -0.147. The number of hydrogen-bond donors (Lipinski definition) is 4. The van der Waals surface area contributed by atoms with E-state index in [1.165, 1.54) is 96.3 Å². The molecule has 0 saturated carbocycles. The molecule has 12 heteroatoms. The van der Waals surface area contributed by atoms with Crippen LogP contribution in [0.15, 0.2) is 72.9 Å². The lowest BCUT2D eigenvalue weighted by atomic mass is 10.1. The number of nitrogens with one attached hydrogen (secondary N) is 1. The third-order valence-electron chi connectivity index (χ3n) is 11.0. The first-order chi connectivity index (χ1) is 32.1. The van der Waals surface area contributed by atoms with Gasteiger partial charge in [-0.15, -0.1) is 0 Å². The third kappa shape index (κ3) is 47.4. The fourth-order valence-corrected chi connectivity index (χ4v) is 7.69. The van der Waals surface area contributed by atoms with Crippen molar-refractivity contribution >= 4 is 25.7 Å². The number of aliphatic hydroxyl groups excluding tert-OH is 1. The summed E-state index contributed by atoms with van der Waals surface area (Å²) in [4.78, 5) is 46.2. The number of carbonyl (C=O) groups excluding carboxylic acids is 2. The standard InChI is InChI=1S/C54H94NO10P/c1-3-5-7-9-11-13-15-17-19-21-23-25-27-29-31-33-35-37-39-41-43-45-52(57)55-51(54(59)60)49-65-66(61,62)64-48-50(56)47-63-53(58)46-44-42-40-38-36-34-32-30-28-26-24-22-20-18-16-14-12-10-8-6-4-2/h11-14,17-20,23-26,50-51,56H,3-10,15-16,21-22,27-49H2,1-2H3,(H,55,57)(H,59,60)(H,61,62)/b13-11-,14-12-,19-17-,20-18-,25-23-,26-24-. The molecular weight excluding hydrogens is 854 g/mol. The van der Waals surface area contributed by atoms with E-state index in [-0.39, 0.29) is 12.8 Å². The van der Waals surface area contributed by atoms with Crippen LogP contribution in [-0.4, -0.2) is 64.9 Å². The van der Waals surface area contributed by atoms with Crippen LogP contribution in [0.25, 0.3) is 0 Å². The van der Waals surface area contributed by atoms with Crippen LogP contribution >= 0.6 is 7.82 Å². The van der Waals surface area contributed by atoms with Gasteiger partial charge < -0.3 is 25.2 Å². The van der Waals surface area contributed by atoms with Gasteiger partial charge in [-0.05, 0) is 89.9 Å². The highest BCUT2D eigenvalue weighted by atomic mass is 31.2. The zero-order valence-electron chi connectivity index (χ0n) is 41.5. The quantitative estimate of drug-likeness (QED) is 0.0199. The van der Waals surface area contributed by atoms with Crippen molar-refractivity contribution in [1.82, 2.24) is 5.32 Å². The van der Waals surface area contributed by atoms with Crippen LogP contribution < -0.4 is 5.32 Å². The Labute approximate surface area is 401 Å². The molecule has 0 bridgehead atoms. The normalized spacial score (nSPS) is 14.1. The van der Waals surface area contributed by atoms with Crippen molar-refractivity contribution in [3.05, 3.63) is 72.9 Å². The fourth-order valence-electron chi connectivity index (χ4n) is 6.92. The van der Waals surface area contributed by atoms with Crippen molar-refractivity contribution in [3.63, 3.8) is 0 Å². The molecule has 0 aromatic rings. The van der Waals surface area contributed by atoms with E-state index in [1.54, 1.807) is 0 Å². The Morgan fingerprint density at radius 1 is 0.485 bits per heavy atom. The average molecular weight is 948 g/mol. The number of aliphatic carboxylic acids is 1.